The van der Waals surface area contributed by atoms with Gasteiger partial charge in [-0.2, -0.15) is 0 Å². The van der Waals surface area contributed by atoms with Crippen LogP contribution < -0.4 is 5.46 Å². The van der Waals surface area contributed by atoms with Crippen LogP contribution in [0.2, 0.25) is 13.6 Å². The highest BCUT2D eigenvalue weighted by molar-refractivity contribution is 9.10. The molecule has 11 heavy (non-hydrogen) atoms. The fraction of sp³-hybridized carbons (Fsp3) is 0.250. The van der Waals surface area contributed by atoms with Crippen molar-refractivity contribution in [2.45, 2.75) is 13.6 Å². The SMILES string of the molecule is CB(C)c1cc(F)cc(Br)c1. The molecule has 0 aliphatic heterocycles. The molecule has 0 aliphatic carbocycles. The van der Waals surface area contributed by atoms with Crippen molar-refractivity contribution >= 4 is 28.1 Å². The molecule has 0 aliphatic rings. The van der Waals surface area contributed by atoms with Gasteiger partial charge in [0.15, 0.2) is 6.71 Å². The molecule has 0 radical (unpaired) electrons. The van der Waals surface area contributed by atoms with Crippen LogP contribution in [0.5, 0.6) is 0 Å². The first kappa shape index (κ1) is 8.79. The molecule has 0 aromatic heterocycles. The highest BCUT2D eigenvalue weighted by atomic mass is 79.9. The average molecular weight is 215 g/mol. The van der Waals surface area contributed by atoms with Gasteiger partial charge >= 0.3 is 0 Å². The second-order valence-corrected chi connectivity index (χ2v) is 3.77. The predicted molar refractivity (Wildman–Crippen MR) is 51.2 cm³/mol. The lowest BCUT2D eigenvalue weighted by Gasteiger charge is -2.02. The van der Waals surface area contributed by atoms with E-state index < -0.39 is 0 Å². The Morgan fingerprint density at radius 1 is 1.27 bits per heavy atom. The second-order valence-electron chi connectivity index (χ2n) is 2.86. The molecular weight excluding hydrogens is 206 g/mol. The van der Waals surface area contributed by atoms with Gasteiger partial charge in [-0.05, 0) is 12.1 Å². The third kappa shape index (κ3) is 2.33. The molecule has 0 nitrogen and oxygen atoms in total. The Hall–Kier alpha value is -0.305. The smallest absolute Gasteiger partial charge is 0.169 e. The molecular formula is C8H9BBrF. The van der Waals surface area contributed by atoms with Crippen LogP contribution in [-0.4, -0.2) is 6.71 Å². The fourth-order valence-electron chi connectivity index (χ4n) is 0.908. The summed E-state index contributed by atoms with van der Waals surface area (Å²) in [7, 11) is 0. The van der Waals surface area contributed by atoms with Crippen molar-refractivity contribution in [3.8, 4) is 0 Å². The van der Waals surface area contributed by atoms with Gasteiger partial charge < -0.3 is 0 Å². The standard InChI is InChI=1S/C8H9BBrF/c1-9(2)6-3-7(10)5-8(11)4-6/h3-5H,1-2H3. The van der Waals surface area contributed by atoms with Crippen LogP contribution in [0.15, 0.2) is 22.7 Å². The summed E-state index contributed by atoms with van der Waals surface area (Å²) in [5.41, 5.74) is 1.02. The van der Waals surface area contributed by atoms with Crippen LogP contribution in [0.3, 0.4) is 0 Å². The third-order valence-electron chi connectivity index (χ3n) is 1.55. The quantitative estimate of drug-likeness (QED) is 0.631. The van der Waals surface area contributed by atoms with E-state index in [1.807, 2.05) is 19.7 Å². The number of halogens is 2. The van der Waals surface area contributed by atoms with Crippen molar-refractivity contribution in [3.05, 3.63) is 28.5 Å². The average Bonchev–Trinajstić information content (AvgIpc) is 1.85. The lowest BCUT2D eigenvalue weighted by molar-refractivity contribution is 0.628. The number of hydrogen-bond acceptors (Lipinski definition) is 0. The van der Waals surface area contributed by atoms with Gasteiger partial charge in [0.2, 0.25) is 0 Å². The molecule has 0 unspecified atom stereocenters. The highest BCUT2D eigenvalue weighted by Gasteiger charge is 2.04. The summed E-state index contributed by atoms with van der Waals surface area (Å²) in [6.45, 7) is 4.46. The number of hydrogen-bond donors (Lipinski definition) is 0. The first-order valence-electron chi connectivity index (χ1n) is 3.55. The molecule has 0 N–H and O–H groups in total. The van der Waals surface area contributed by atoms with Crippen molar-refractivity contribution in [2.24, 2.45) is 0 Å². The van der Waals surface area contributed by atoms with Gasteiger partial charge in [0, 0.05) is 4.47 Å². The van der Waals surface area contributed by atoms with E-state index in [0.717, 1.165) is 9.94 Å². The van der Waals surface area contributed by atoms with Crippen LogP contribution in [-0.2, 0) is 0 Å². The molecule has 0 atom stereocenters. The lowest BCUT2D eigenvalue weighted by atomic mass is 9.49. The van der Waals surface area contributed by atoms with Gasteiger partial charge in [-0.3, -0.25) is 0 Å². The summed E-state index contributed by atoms with van der Waals surface area (Å²) in [6.07, 6.45) is 0. The summed E-state index contributed by atoms with van der Waals surface area (Å²) in [5.74, 6) is -0.178. The van der Waals surface area contributed by atoms with Crippen LogP contribution in [0.1, 0.15) is 0 Å². The van der Waals surface area contributed by atoms with E-state index in [1.165, 1.54) is 6.07 Å². The minimum Gasteiger partial charge on any atom is -0.207 e. The molecule has 3 heteroatoms. The van der Waals surface area contributed by atoms with Crippen LogP contribution in [0.25, 0.3) is 0 Å². The number of rotatable bonds is 1. The zero-order chi connectivity index (χ0) is 8.43. The van der Waals surface area contributed by atoms with Crippen molar-refractivity contribution in [2.75, 3.05) is 0 Å². The Labute approximate surface area is 75.0 Å². The zero-order valence-corrected chi connectivity index (χ0v) is 8.15. The van der Waals surface area contributed by atoms with E-state index in [2.05, 4.69) is 15.9 Å². The van der Waals surface area contributed by atoms with E-state index in [4.69, 9.17) is 0 Å². The monoisotopic (exact) mass is 214 g/mol. The molecule has 0 amide bonds. The molecule has 58 valence electrons. The molecule has 0 saturated carbocycles. The van der Waals surface area contributed by atoms with E-state index in [1.54, 1.807) is 6.07 Å². The van der Waals surface area contributed by atoms with Crippen LogP contribution >= 0.6 is 15.9 Å². The van der Waals surface area contributed by atoms with Crippen LogP contribution in [0.4, 0.5) is 4.39 Å². The van der Waals surface area contributed by atoms with Gasteiger partial charge in [0.25, 0.3) is 0 Å². The Bertz CT molecular complexity index is 240. The molecule has 1 aromatic carbocycles. The van der Waals surface area contributed by atoms with Crippen molar-refractivity contribution in [3.63, 3.8) is 0 Å². The molecule has 1 rings (SSSR count). The summed E-state index contributed by atoms with van der Waals surface area (Å²) >= 11 is 3.24. The molecule has 0 saturated heterocycles. The largest absolute Gasteiger partial charge is 0.207 e. The minimum atomic E-state index is -0.178. The van der Waals surface area contributed by atoms with E-state index >= 15 is 0 Å². The Kier molecular flexibility index (Phi) is 2.71. The highest BCUT2D eigenvalue weighted by Crippen LogP contribution is 2.09. The Balaban J connectivity index is 3.08. The maximum absolute atomic E-state index is 12.8. The second kappa shape index (κ2) is 3.39. The third-order valence-corrected chi connectivity index (χ3v) is 2.01. The first-order chi connectivity index (χ1) is 5.09. The van der Waals surface area contributed by atoms with Gasteiger partial charge in [0.1, 0.15) is 5.82 Å². The minimum absolute atomic E-state index is 0.178. The normalized spacial score (nSPS) is 9.82. The summed E-state index contributed by atoms with van der Waals surface area (Å²) in [5, 5.41) is 0. The molecule has 0 fully saturated rings. The molecule has 0 bridgehead atoms. The van der Waals surface area contributed by atoms with Gasteiger partial charge in [-0.1, -0.05) is 41.1 Å². The maximum Gasteiger partial charge on any atom is 0.169 e. The van der Waals surface area contributed by atoms with Gasteiger partial charge in [-0.15, -0.1) is 0 Å². The van der Waals surface area contributed by atoms with Crippen molar-refractivity contribution in [1.82, 2.24) is 0 Å². The molecule has 1 aromatic rings. The van der Waals surface area contributed by atoms with Crippen molar-refractivity contribution < 1.29 is 4.39 Å². The van der Waals surface area contributed by atoms with Crippen molar-refractivity contribution in [1.29, 1.82) is 0 Å². The van der Waals surface area contributed by atoms with Crippen LogP contribution in [0, 0.1) is 5.82 Å². The lowest BCUT2D eigenvalue weighted by Crippen LogP contribution is -2.22. The van der Waals surface area contributed by atoms with Gasteiger partial charge in [0.05, 0.1) is 0 Å². The first-order valence-corrected chi connectivity index (χ1v) is 4.35. The Morgan fingerprint density at radius 2 is 1.91 bits per heavy atom. The summed E-state index contributed by atoms with van der Waals surface area (Å²) in [4.78, 5) is 0. The molecule has 0 heterocycles. The van der Waals surface area contributed by atoms with Gasteiger partial charge in [-0.25, -0.2) is 4.39 Å². The number of benzene rings is 1. The summed E-state index contributed by atoms with van der Waals surface area (Å²) < 4.78 is 13.6. The maximum atomic E-state index is 12.8. The Morgan fingerprint density at radius 3 is 2.36 bits per heavy atom. The predicted octanol–water partition coefficient (Wildman–Crippen LogP) is 2.55. The van der Waals surface area contributed by atoms with E-state index in [0.29, 0.717) is 6.71 Å². The van der Waals surface area contributed by atoms with E-state index in [9.17, 15) is 4.39 Å². The molecule has 0 spiro atoms. The fourth-order valence-corrected chi connectivity index (χ4v) is 1.39. The summed E-state index contributed by atoms with van der Waals surface area (Å²) in [6, 6.07) is 4.97. The topological polar surface area (TPSA) is 0 Å². The zero-order valence-electron chi connectivity index (χ0n) is 6.57. The van der Waals surface area contributed by atoms with E-state index in [-0.39, 0.29) is 5.82 Å².